The zero-order valence-electron chi connectivity index (χ0n) is 14.6. The first kappa shape index (κ1) is 21.7. The molecule has 0 saturated heterocycles. The molecule has 148 valence electrons. The number of rotatable bonds is 4. The van der Waals surface area contributed by atoms with E-state index in [1.807, 2.05) is 6.07 Å². The predicted molar refractivity (Wildman–Crippen MR) is 89.5 cm³/mol. The first-order valence-electron chi connectivity index (χ1n) is 7.82. The van der Waals surface area contributed by atoms with Crippen LogP contribution in [0.25, 0.3) is 11.3 Å². The van der Waals surface area contributed by atoms with E-state index in [-0.39, 0.29) is 32.5 Å². The molecule has 0 saturated carbocycles. The Morgan fingerprint density at radius 2 is 1.61 bits per heavy atom. The Kier molecular flexibility index (Phi) is 6.34. The summed E-state index contributed by atoms with van der Waals surface area (Å²) in [6, 6.07) is 11.1. The van der Waals surface area contributed by atoms with E-state index in [9.17, 15) is 18.0 Å². The fourth-order valence-electron chi connectivity index (χ4n) is 2.56. The van der Waals surface area contributed by atoms with Crippen molar-refractivity contribution in [3.05, 3.63) is 77.3 Å². The van der Waals surface area contributed by atoms with Crippen LogP contribution in [0.1, 0.15) is 35.7 Å². The standard InChI is InChI=1S/C19H13F3N3O2.Pt/c1-19(2,14-8-4-6-12(24-14)18(26)27)13-7-3-5-11(23-13)10-9-15(20)25-17(22)16(10)21;/h3-8H,1-2H3,(H,26,27);/q-1;. The molecular formula is C19H13F3N3O2Pt-. The van der Waals surface area contributed by atoms with Gasteiger partial charge in [-0.3, -0.25) is 4.39 Å². The molecular weight excluding hydrogens is 554 g/mol. The minimum atomic E-state index is -1.58. The second-order valence-corrected chi connectivity index (χ2v) is 6.25. The Hall–Kier alpha value is -2.60. The molecule has 3 aromatic heterocycles. The molecule has 0 aliphatic carbocycles. The molecule has 3 heterocycles. The van der Waals surface area contributed by atoms with Gasteiger partial charge in [-0.05, 0) is 37.7 Å². The number of carboxylic acid groups (broad SMARTS) is 1. The number of nitrogens with zero attached hydrogens (tertiary/aromatic N) is 3. The summed E-state index contributed by atoms with van der Waals surface area (Å²) in [5, 5.41) is 9.12. The third kappa shape index (κ3) is 4.12. The minimum Gasteiger partial charge on any atom is -0.477 e. The molecule has 0 aromatic carbocycles. The number of hydrogen-bond acceptors (Lipinski definition) is 4. The molecule has 0 amide bonds. The van der Waals surface area contributed by atoms with Crippen LogP contribution in [0.4, 0.5) is 13.2 Å². The Morgan fingerprint density at radius 3 is 2.25 bits per heavy atom. The Balaban J connectivity index is 0.00000280. The van der Waals surface area contributed by atoms with Crippen LogP contribution in [0.5, 0.6) is 0 Å². The van der Waals surface area contributed by atoms with E-state index < -0.39 is 34.7 Å². The van der Waals surface area contributed by atoms with Gasteiger partial charge in [0.05, 0.1) is 11.5 Å². The molecule has 0 aliphatic rings. The summed E-state index contributed by atoms with van der Waals surface area (Å²) in [6.45, 7) is 3.50. The number of carboxylic acids is 1. The molecule has 0 fully saturated rings. The van der Waals surface area contributed by atoms with Crippen molar-refractivity contribution in [2.24, 2.45) is 0 Å². The number of carbonyl (C=O) groups is 1. The second kappa shape index (κ2) is 8.18. The molecule has 0 atom stereocenters. The molecule has 28 heavy (non-hydrogen) atoms. The summed E-state index contributed by atoms with van der Waals surface area (Å²) in [4.78, 5) is 22.3. The smallest absolute Gasteiger partial charge is 0.354 e. The maximum absolute atomic E-state index is 14.0. The van der Waals surface area contributed by atoms with Gasteiger partial charge in [-0.2, -0.15) is 4.39 Å². The number of aromatic carboxylic acids is 1. The Bertz CT molecular complexity index is 1040. The van der Waals surface area contributed by atoms with Gasteiger partial charge in [0.2, 0.25) is 0 Å². The zero-order valence-corrected chi connectivity index (χ0v) is 16.9. The van der Waals surface area contributed by atoms with Gasteiger partial charge in [-0.25, -0.2) is 19.2 Å². The van der Waals surface area contributed by atoms with Crippen molar-refractivity contribution in [2.45, 2.75) is 19.3 Å². The monoisotopic (exact) mass is 567 g/mol. The number of hydrogen-bond donors (Lipinski definition) is 1. The van der Waals surface area contributed by atoms with Gasteiger partial charge in [0.25, 0.3) is 0 Å². The first-order chi connectivity index (χ1) is 12.7. The second-order valence-electron chi connectivity index (χ2n) is 6.25. The van der Waals surface area contributed by atoms with Crippen molar-refractivity contribution in [1.82, 2.24) is 15.0 Å². The summed E-state index contributed by atoms with van der Waals surface area (Å²) < 4.78 is 40.8. The van der Waals surface area contributed by atoms with E-state index in [0.29, 0.717) is 11.4 Å². The Labute approximate surface area is 173 Å². The number of halogens is 3. The van der Waals surface area contributed by atoms with Crippen LogP contribution in [0.3, 0.4) is 0 Å². The quantitative estimate of drug-likeness (QED) is 0.384. The summed E-state index contributed by atoms with van der Waals surface area (Å²) >= 11 is 0. The van der Waals surface area contributed by atoms with Crippen molar-refractivity contribution in [3.8, 4) is 11.3 Å². The van der Waals surface area contributed by atoms with E-state index in [0.717, 1.165) is 0 Å². The fraction of sp³-hybridized carbons (Fsp3) is 0.158. The van der Waals surface area contributed by atoms with E-state index in [4.69, 9.17) is 5.11 Å². The summed E-state index contributed by atoms with van der Waals surface area (Å²) in [5.41, 5.74) is -0.682. The zero-order chi connectivity index (χ0) is 19.8. The van der Waals surface area contributed by atoms with Gasteiger partial charge >= 0.3 is 5.97 Å². The van der Waals surface area contributed by atoms with Crippen LogP contribution in [-0.2, 0) is 26.5 Å². The number of pyridine rings is 3. The molecule has 1 N–H and O–H groups in total. The minimum absolute atomic E-state index is 0. The van der Waals surface area contributed by atoms with Crippen molar-refractivity contribution in [3.63, 3.8) is 0 Å². The average Bonchev–Trinajstić information content (AvgIpc) is 2.65. The molecule has 0 aliphatic heterocycles. The molecule has 9 heteroatoms. The van der Waals surface area contributed by atoms with E-state index in [1.165, 1.54) is 12.1 Å². The SMILES string of the molecule is CC(C)(c1cccc(C(=O)O)n1)c1cccc(-c2[c-]c(F)nc(F)c2F)n1.[Pt]. The van der Waals surface area contributed by atoms with Gasteiger partial charge in [0.1, 0.15) is 5.69 Å². The molecule has 3 rings (SSSR count). The largest absolute Gasteiger partial charge is 0.477 e. The van der Waals surface area contributed by atoms with Crippen molar-refractivity contribution in [1.29, 1.82) is 0 Å². The molecule has 3 aromatic rings. The normalized spacial score (nSPS) is 11.0. The first-order valence-corrected chi connectivity index (χ1v) is 7.82. The molecule has 0 bridgehead atoms. The third-order valence-electron chi connectivity index (χ3n) is 4.08. The van der Waals surface area contributed by atoms with Gasteiger partial charge in [-0.15, -0.1) is 11.6 Å². The van der Waals surface area contributed by atoms with Crippen molar-refractivity contribution in [2.75, 3.05) is 0 Å². The number of aromatic nitrogens is 3. The summed E-state index contributed by atoms with van der Waals surface area (Å²) in [7, 11) is 0. The van der Waals surface area contributed by atoms with E-state index in [2.05, 4.69) is 15.0 Å². The van der Waals surface area contributed by atoms with Crippen molar-refractivity contribution < 1.29 is 44.1 Å². The van der Waals surface area contributed by atoms with Crippen LogP contribution in [-0.4, -0.2) is 26.0 Å². The van der Waals surface area contributed by atoms with Crippen LogP contribution < -0.4 is 0 Å². The predicted octanol–water partition coefficient (Wildman–Crippen LogP) is 3.78. The molecule has 0 unspecified atom stereocenters. The van der Waals surface area contributed by atoms with Gasteiger partial charge in [0, 0.05) is 32.2 Å². The average molecular weight is 567 g/mol. The molecule has 0 spiro atoms. The van der Waals surface area contributed by atoms with E-state index >= 15 is 0 Å². The van der Waals surface area contributed by atoms with Crippen LogP contribution in [0, 0.1) is 23.8 Å². The topological polar surface area (TPSA) is 76.0 Å². The maximum atomic E-state index is 14.0. The maximum Gasteiger partial charge on any atom is 0.354 e. The molecule has 5 nitrogen and oxygen atoms in total. The van der Waals surface area contributed by atoms with Crippen molar-refractivity contribution >= 4 is 5.97 Å². The third-order valence-corrected chi connectivity index (χ3v) is 4.08. The molecule has 0 radical (unpaired) electrons. The summed E-state index contributed by atoms with van der Waals surface area (Å²) in [5.74, 6) is -5.40. The van der Waals surface area contributed by atoms with Crippen LogP contribution >= 0.6 is 0 Å². The van der Waals surface area contributed by atoms with Gasteiger partial charge < -0.3 is 10.1 Å². The van der Waals surface area contributed by atoms with Crippen LogP contribution in [0.15, 0.2) is 36.4 Å². The van der Waals surface area contributed by atoms with E-state index in [1.54, 1.807) is 38.1 Å². The van der Waals surface area contributed by atoms with Crippen LogP contribution in [0.2, 0.25) is 0 Å². The fourth-order valence-corrected chi connectivity index (χ4v) is 2.56. The van der Waals surface area contributed by atoms with Gasteiger partial charge in [-0.1, -0.05) is 18.2 Å². The Morgan fingerprint density at radius 1 is 1.00 bits per heavy atom. The van der Waals surface area contributed by atoms with Gasteiger partial charge in [0.15, 0.2) is 11.9 Å². The summed E-state index contributed by atoms with van der Waals surface area (Å²) in [6.07, 6.45) is 0.